The van der Waals surface area contributed by atoms with Crippen LogP contribution in [0, 0.1) is 17.0 Å². The van der Waals surface area contributed by atoms with Gasteiger partial charge in [0.1, 0.15) is 7.05 Å². The molecule has 5 rings (SSSR count). The van der Waals surface area contributed by atoms with Gasteiger partial charge in [0, 0.05) is 36.5 Å². The lowest BCUT2D eigenvalue weighted by Gasteiger charge is -2.59. The number of aryl methyl sites for hydroxylation is 1. The molecule has 4 atom stereocenters. The monoisotopic (exact) mass is 323 g/mol. The molecular formula is C20H23N2O2+. The second-order valence-electron chi connectivity index (χ2n) is 7.28. The Bertz CT molecular complexity index is 831. The van der Waals surface area contributed by atoms with Gasteiger partial charge < -0.3 is 9.85 Å². The number of carbonyl (C=O) groups is 1. The van der Waals surface area contributed by atoms with Gasteiger partial charge in [0.15, 0.2) is 12.2 Å². The minimum absolute atomic E-state index is 0.00834. The van der Waals surface area contributed by atoms with Gasteiger partial charge in [-0.05, 0) is 12.0 Å². The Labute approximate surface area is 142 Å². The third-order valence-corrected chi connectivity index (χ3v) is 6.01. The van der Waals surface area contributed by atoms with Crippen LogP contribution in [0.15, 0.2) is 49.2 Å². The summed E-state index contributed by atoms with van der Waals surface area (Å²) in [6, 6.07) is 9.30. The highest BCUT2D eigenvalue weighted by Crippen LogP contribution is 2.42. The lowest BCUT2D eigenvalue weighted by atomic mass is 9.73. The van der Waals surface area contributed by atoms with Crippen LogP contribution in [0.4, 0.5) is 0 Å². The number of hydrogen-bond acceptors (Lipinski definition) is 2. The van der Waals surface area contributed by atoms with Gasteiger partial charge in [-0.3, -0.25) is 4.79 Å². The van der Waals surface area contributed by atoms with E-state index in [1.54, 1.807) is 0 Å². The number of nitrogens with zero attached hydrogens (tertiary/aromatic N) is 2. The number of Topliss-reactive ketones (excluding diaryl/α,β-unsaturated/α-hetero) is 1. The van der Waals surface area contributed by atoms with E-state index < -0.39 is 6.04 Å². The topological polar surface area (TPSA) is 44.0 Å². The van der Waals surface area contributed by atoms with E-state index in [0.717, 1.165) is 17.3 Å². The van der Waals surface area contributed by atoms with Crippen LogP contribution >= 0.6 is 0 Å². The second kappa shape index (κ2) is 5.50. The van der Waals surface area contributed by atoms with Gasteiger partial charge in [-0.2, -0.15) is 0 Å². The Morgan fingerprint density at radius 1 is 1.38 bits per heavy atom. The van der Waals surface area contributed by atoms with Gasteiger partial charge in [-0.1, -0.05) is 18.2 Å². The van der Waals surface area contributed by atoms with Crippen molar-refractivity contribution in [2.45, 2.75) is 18.9 Å². The van der Waals surface area contributed by atoms with E-state index >= 15 is 0 Å². The fraction of sp³-hybridized carbons (Fsp3) is 0.400. The lowest BCUT2D eigenvalue weighted by molar-refractivity contribution is -0.915. The normalized spacial score (nSPS) is 32.0. The molecule has 0 saturated carbocycles. The van der Waals surface area contributed by atoms with Gasteiger partial charge in [0.05, 0.1) is 18.5 Å². The number of aromatic nitrogens is 1. The van der Waals surface area contributed by atoms with Gasteiger partial charge >= 0.3 is 0 Å². The van der Waals surface area contributed by atoms with Crippen molar-refractivity contribution in [3.05, 3.63) is 60.0 Å². The van der Waals surface area contributed by atoms with E-state index in [2.05, 4.69) is 6.58 Å². The number of para-hydroxylation sites is 1. The summed E-state index contributed by atoms with van der Waals surface area (Å²) in [5.41, 5.74) is 1.70. The molecule has 24 heavy (non-hydrogen) atoms. The Kier molecular flexibility index (Phi) is 3.55. The molecule has 1 aromatic carbocycles. The number of ketones is 1. The Hall–Kier alpha value is -2.04. The lowest BCUT2D eigenvalue weighted by Crippen LogP contribution is -2.65. The number of carbonyl (C=O) groups excluding carboxylic acids is 1. The molecule has 0 radical (unpaired) electrons. The van der Waals surface area contributed by atoms with Crippen LogP contribution in [0.25, 0.3) is 10.9 Å². The molecule has 3 fully saturated rings. The molecule has 3 aliphatic rings. The predicted octanol–water partition coefficient (Wildman–Crippen LogP) is 2.76. The number of fused-ring (bicyclic) bond motifs is 4. The predicted molar refractivity (Wildman–Crippen MR) is 93.0 cm³/mol. The summed E-state index contributed by atoms with van der Waals surface area (Å²) in [4.78, 5) is 13.3. The first-order valence-corrected chi connectivity index (χ1v) is 8.65. The summed E-state index contributed by atoms with van der Waals surface area (Å²) in [6.07, 6.45) is 5.42. The fourth-order valence-corrected chi connectivity index (χ4v) is 4.60. The van der Waals surface area contributed by atoms with Crippen molar-refractivity contribution in [1.82, 2.24) is 0 Å². The molecule has 124 valence electrons. The highest BCUT2D eigenvalue weighted by atomic mass is 16.5. The van der Waals surface area contributed by atoms with Crippen molar-refractivity contribution in [3.8, 4) is 0 Å². The molecule has 1 aromatic heterocycles. The molecule has 4 heteroatoms. The number of benzene rings is 1. The number of quaternary nitrogens is 1. The second-order valence-corrected chi connectivity index (χ2v) is 7.28. The van der Waals surface area contributed by atoms with Crippen molar-refractivity contribution in [3.63, 3.8) is 0 Å². The molecule has 3 saturated heterocycles. The maximum atomic E-state index is 13.3. The molecule has 3 unspecified atom stereocenters. The summed E-state index contributed by atoms with van der Waals surface area (Å²) >= 11 is 0. The number of hydroxylamine groups is 3. The first kappa shape index (κ1) is 15.5. The molecule has 0 aliphatic carbocycles. The number of hydrogen-bond donors (Lipinski definition) is 0. The summed E-state index contributed by atoms with van der Waals surface area (Å²) in [5, 5.41) is 14.2. The van der Waals surface area contributed by atoms with E-state index in [9.17, 15) is 10.0 Å². The quantitative estimate of drug-likeness (QED) is 0.287. The number of pyridine rings is 1. The highest BCUT2D eigenvalue weighted by molar-refractivity contribution is 6.08. The van der Waals surface area contributed by atoms with Crippen LogP contribution in [0.1, 0.15) is 23.2 Å². The Morgan fingerprint density at radius 3 is 2.92 bits per heavy atom. The van der Waals surface area contributed by atoms with E-state index in [4.69, 9.17) is 0 Å². The van der Waals surface area contributed by atoms with Crippen LogP contribution in [0.5, 0.6) is 0 Å². The van der Waals surface area contributed by atoms with E-state index in [1.165, 1.54) is 0 Å². The van der Waals surface area contributed by atoms with Crippen LogP contribution in [-0.2, 0) is 7.05 Å². The van der Waals surface area contributed by atoms with Gasteiger partial charge in [-0.25, -0.2) is 4.57 Å². The van der Waals surface area contributed by atoms with Crippen molar-refractivity contribution >= 4 is 16.7 Å². The molecule has 0 amide bonds. The molecule has 4 heterocycles. The van der Waals surface area contributed by atoms with Gasteiger partial charge in [0.2, 0.25) is 11.3 Å². The number of rotatable bonds is 3. The molecule has 0 spiro atoms. The van der Waals surface area contributed by atoms with E-state index in [1.807, 2.05) is 54.2 Å². The first-order chi connectivity index (χ1) is 11.5. The van der Waals surface area contributed by atoms with Crippen molar-refractivity contribution in [2.75, 3.05) is 13.1 Å². The molecule has 4 nitrogen and oxygen atoms in total. The fourth-order valence-electron chi connectivity index (χ4n) is 4.60. The Morgan fingerprint density at radius 2 is 2.17 bits per heavy atom. The summed E-state index contributed by atoms with van der Waals surface area (Å²) in [5.74, 6) is 0.691. The molecule has 3 aliphatic heterocycles. The zero-order chi connectivity index (χ0) is 16.9. The van der Waals surface area contributed by atoms with Crippen LogP contribution in [0.3, 0.4) is 0 Å². The van der Waals surface area contributed by atoms with Crippen LogP contribution < -0.4 is 4.57 Å². The SMILES string of the molecule is C=C[C@H]1C[N+]2([O-])CCC1CC2C(=O)c1cc[n+](C)c2ccccc12. The average molecular weight is 323 g/mol. The average Bonchev–Trinajstić information content (AvgIpc) is 2.61. The van der Waals surface area contributed by atoms with Gasteiger partial charge in [0.25, 0.3) is 0 Å². The standard InChI is InChI=1S/C20H23N2O2/c1-3-14-13-22(24)11-9-15(14)12-19(22)20(23)17-8-10-21(2)18-7-5-4-6-16(17)18/h3-8,10,14-15,19H,1,9,11-13H2,2H3/q+1/t14-,15?,19?,22?/m0/s1. The zero-order valence-corrected chi connectivity index (χ0v) is 14.0. The number of piperidine rings is 3. The smallest absolute Gasteiger partial charge is 0.221 e. The maximum Gasteiger partial charge on any atom is 0.221 e. The minimum Gasteiger partial charge on any atom is -0.632 e. The zero-order valence-electron chi connectivity index (χ0n) is 14.0. The van der Waals surface area contributed by atoms with Crippen molar-refractivity contribution in [1.29, 1.82) is 0 Å². The summed E-state index contributed by atoms with van der Waals surface area (Å²) in [6.45, 7) is 4.94. The molecule has 2 aromatic rings. The van der Waals surface area contributed by atoms with Crippen LogP contribution in [-0.4, -0.2) is 29.6 Å². The third-order valence-electron chi connectivity index (χ3n) is 6.01. The summed E-state index contributed by atoms with van der Waals surface area (Å²) < 4.78 is 1.63. The summed E-state index contributed by atoms with van der Waals surface area (Å²) in [7, 11) is 1.97. The van der Waals surface area contributed by atoms with E-state index in [-0.39, 0.29) is 16.3 Å². The van der Waals surface area contributed by atoms with Crippen molar-refractivity contribution in [2.24, 2.45) is 18.9 Å². The van der Waals surface area contributed by atoms with E-state index in [0.29, 0.717) is 31.0 Å². The molecule has 2 bridgehead atoms. The maximum absolute atomic E-state index is 13.3. The molecule has 0 N–H and O–H groups in total. The highest BCUT2D eigenvalue weighted by Gasteiger charge is 2.50. The Balaban J connectivity index is 1.75. The van der Waals surface area contributed by atoms with Gasteiger partial charge in [-0.15, -0.1) is 6.58 Å². The van der Waals surface area contributed by atoms with Crippen molar-refractivity contribution < 1.29 is 14.0 Å². The largest absolute Gasteiger partial charge is 0.632 e. The molecular weight excluding hydrogens is 300 g/mol. The third kappa shape index (κ3) is 2.21. The first-order valence-electron chi connectivity index (χ1n) is 8.65. The van der Waals surface area contributed by atoms with Crippen LogP contribution in [0.2, 0.25) is 0 Å². The minimum atomic E-state index is -0.462.